The zero-order valence-electron chi connectivity index (χ0n) is 12.8. The van der Waals surface area contributed by atoms with Gasteiger partial charge in [-0.25, -0.2) is 8.42 Å². The molecule has 0 aliphatic rings. The van der Waals surface area contributed by atoms with Crippen molar-refractivity contribution in [3.05, 3.63) is 62.1 Å². The number of anilines is 1. The molecule has 0 aromatic heterocycles. The van der Waals surface area contributed by atoms with Gasteiger partial charge in [0.1, 0.15) is 4.90 Å². The molecule has 2 aromatic rings. The lowest BCUT2D eigenvalue weighted by atomic mass is 10.1. The molecule has 0 saturated carbocycles. The number of sulfone groups is 1. The van der Waals surface area contributed by atoms with E-state index in [-0.39, 0.29) is 10.9 Å². The first-order chi connectivity index (χ1) is 11.1. The number of nitrogens with zero attached hydrogens (tertiary/aromatic N) is 1. The molecule has 0 aliphatic heterocycles. The Labute approximate surface area is 149 Å². The van der Waals surface area contributed by atoms with E-state index in [9.17, 15) is 18.5 Å². The van der Waals surface area contributed by atoms with Gasteiger partial charge in [0, 0.05) is 18.0 Å². The molecule has 9 heteroatoms. The molecule has 2 rings (SSSR count). The Balaban J connectivity index is 2.40. The average molecular weight is 389 g/mol. The van der Waals surface area contributed by atoms with Crippen molar-refractivity contribution >= 4 is 44.4 Å². The lowest BCUT2D eigenvalue weighted by Crippen LogP contribution is -2.09. The van der Waals surface area contributed by atoms with E-state index in [2.05, 4.69) is 5.32 Å². The maximum Gasteiger partial charge on any atom is 0.288 e. The third kappa shape index (κ3) is 3.98. The fraction of sp³-hybridized carbons (Fsp3) is 0.200. The molecular weight excluding hydrogens is 375 g/mol. The average Bonchev–Trinajstić information content (AvgIpc) is 2.48. The van der Waals surface area contributed by atoms with Crippen LogP contribution in [0.2, 0.25) is 10.0 Å². The Kier molecular flexibility index (Phi) is 5.37. The quantitative estimate of drug-likeness (QED) is 0.602. The number of hydrogen-bond acceptors (Lipinski definition) is 5. The summed E-state index contributed by atoms with van der Waals surface area (Å²) in [6.07, 6.45) is 0.927. The van der Waals surface area contributed by atoms with Crippen molar-refractivity contribution in [2.24, 2.45) is 0 Å². The lowest BCUT2D eigenvalue weighted by Gasteiger charge is -2.18. The highest BCUT2D eigenvalue weighted by atomic mass is 35.5. The molecule has 1 unspecified atom stereocenters. The third-order valence-corrected chi connectivity index (χ3v) is 5.35. The third-order valence-electron chi connectivity index (χ3n) is 3.39. The minimum Gasteiger partial charge on any atom is -0.378 e. The van der Waals surface area contributed by atoms with Crippen LogP contribution in [0.25, 0.3) is 0 Å². The normalized spacial score (nSPS) is 12.7. The molecule has 1 N–H and O–H groups in total. The van der Waals surface area contributed by atoms with Crippen LogP contribution in [0.1, 0.15) is 18.5 Å². The van der Waals surface area contributed by atoms with E-state index in [1.165, 1.54) is 12.1 Å². The van der Waals surface area contributed by atoms with Crippen LogP contribution in [0.3, 0.4) is 0 Å². The number of nitro benzene ring substituents is 1. The minimum absolute atomic E-state index is 0.287. The number of nitrogens with one attached hydrogen (secondary N) is 1. The smallest absolute Gasteiger partial charge is 0.288 e. The molecular formula is C15H14Cl2N2O4S. The van der Waals surface area contributed by atoms with Crippen molar-refractivity contribution in [1.29, 1.82) is 0 Å². The van der Waals surface area contributed by atoms with Crippen molar-refractivity contribution in [2.45, 2.75) is 17.9 Å². The largest absolute Gasteiger partial charge is 0.378 e. The number of halogens is 2. The van der Waals surface area contributed by atoms with Gasteiger partial charge in [-0.1, -0.05) is 35.3 Å². The van der Waals surface area contributed by atoms with Crippen LogP contribution in [-0.2, 0) is 9.84 Å². The summed E-state index contributed by atoms with van der Waals surface area (Å²) < 4.78 is 23.6. The molecule has 0 bridgehead atoms. The summed E-state index contributed by atoms with van der Waals surface area (Å²) in [6.45, 7) is 1.82. The molecule has 2 aromatic carbocycles. The van der Waals surface area contributed by atoms with E-state index in [0.29, 0.717) is 15.7 Å². The van der Waals surface area contributed by atoms with E-state index in [4.69, 9.17) is 23.2 Å². The highest BCUT2D eigenvalue weighted by molar-refractivity contribution is 7.90. The Morgan fingerprint density at radius 1 is 1.21 bits per heavy atom. The highest BCUT2D eigenvalue weighted by Gasteiger charge is 2.23. The number of hydrogen-bond donors (Lipinski definition) is 1. The van der Waals surface area contributed by atoms with Crippen LogP contribution in [0.5, 0.6) is 0 Å². The SMILES string of the molecule is CC(Nc1ccc([N+](=O)[O-])c(S(C)(=O)=O)c1)c1cccc(Cl)c1Cl. The number of rotatable bonds is 5. The number of benzene rings is 2. The molecule has 0 radical (unpaired) electrons. The topological polar surface area (TPSA) is 89.3 Å². The second-order valence-corrected chi connectivity index (χ2v) is 7.99. The first kappa shape index (κ1) is 18.5. The van der Waals surface area contributed by atoms with E-state index < -0.39 is 20.4 Å². The zero-order chi connectivity index (χ0) is 18.1. The van der Waals surface area contributed by atoms with Gasteiger partial charge in [-0.2, -0.15) is 0 Å². The molecule has 0 amide bonds. The second kappa shape index (κ2) is 6.96. The first-order valence-corrected chi connectivity index (χ1v) is 9.45. The van der Waals surface area contributed by atoms with Gasteiger partial charge in [0.2, 0.25) is 0 Å². The molecule has 128 valence electrons. The van der Waals surface area contributed by atoms with E-state index in [1.54, 1.807) is 18.2 Å². The molecule has 0 heterocycles. The molecule has 0 saturated heterocycles. The monoisotopic (exact) mass is 388 g/mol. The first-order valence-electron chi connectivity index (χ1n) is 6.80. The Morgan fingerprint density at radius 2 is 1.88 bits per heavy atom. The summed E-state index contributed by atoms with van der Waals surface area (Å²) in [5.74, 6) is 0. The van der Waals surface area contributed by atoms with Gasteiger partial charge in [0.25, 0.3) is 5.69 Å². The molecule has 6 nitrogen and oxygen atoms in total. The number of nitro groups is 1. The summed E-state index contributed by atoms with van der Waals surface area (Å²) in [5, 5.41) is 14.9. The molecule has 1 atom stereocenters. The van der Waals surface area contributed by atoms with Gasteiger partial charge in [-0.3, -0.25) is 10.1 Å². The Bertz CT molecular complexity index is 900. The van der Waals surface area contributed by atoms with E-state index in [1.807, 2.05) is 6.92 Å². The second-order valence-electron chi connectivity index (χ2n) is 5.22. The summed E-state index contributed by atoms with van der Waals surface area (Å²) in [5.41, 5.74) is 0.685. The minimum atomic E-state index is -3.75. The van der Waals surface area contributed by atoms with Crippen LogP contribution >= 0.6 is 23.2 Å². The van der Waals surface area contributed by atoms with Crippen LogP contribution in [0, 0.1) is 10.1 Å². The van der Waals surface area contributed by atoms with Crippen LogP contribution in [0.15, 0.2) is 41.3 Å². The highest BCUT2D eigenvalue weighted by Crippen LogP contribution is 2.33. The zero-order valence-corrected chi connectivity index (χ0v) is 15.1. The maximum atomic E-state index is 11.8. The van der Waals surface area contributed by atoms with Gasteiger partial charge in [-0.05, 0) is 30.7 Å². The van der Waals surface area contributed by atoms with Crippen LogP contribution < -0.4 is 5.32 Å². The van der Waals surface area contributed by atoms with Gasteiger partial charge in [0.05, 0.1) is 21.0 Å². The summed E-state index contributed by atoms with van der Waals surface area (Å²) in [7, 11) is -3.75. The van der Waals surface area contributed by atoms with Gasteiger partial charge in [0.15, 0.2) is 9.84 Å². The summed E-state index contributed by atoms with van der Waals surface area (Å²) in [6, 6.07) is 8.75. The van der Waals surface area contributed by atoms with Crippen molar-refractivity contribution in [3.8, 4) is 0 Å². The van der Waals surface area contributed by atoms with Crippen molar-refractivity contribution < 1.29 is 13.3 Å². The van der Waals surface area contributed by atoms with Crippen molar-refractivity contribution in [1.82, 2.24) is 0 Å². The fourth-order valence-electron chi connectivity index (χ4n) is 2.23. The Hall–Kier alpha value is -1.83. The van der Waals surface area contributed by atoms with Crippen molar-refractivity contribution in [3.63, 3.8) is 0 Å². The van der Waals surface area contributed by atoms with E-state index >= 15 is 0 Å². The van der Waals surface area contributed by atoms with E-state index in [0.717, 1.165) is 17.9 Å². The summed E-state index contributed by atoms with van der Waals surface area (Å²) in [4.78, 5) is 9.92. The predicted octanol–water partition coefficient (Wildman–Crippen LogP) is 4.48. The lowest BCUT2D eigenvalue weighted by molar-refractivity contribution is -0.387. The predicted molar refractivity (Wildman–Crippen MR) is 94.7 cm³/mol. The van der Waals surface area contributed by atoms with Gasteiger partial charge >= 0.3 is 0 Å². The molecule has 0 fully saturated rings. The van der Waals surface area contributed by atoms with Gasteiger partial charge in [-0.15, -0.1) is 0 Å². The maximum absolute atomic E-state index is 11.8. The van der Waals surface area contributed by atoms with Crippen molar-refractivity contribution in [2.75, 3.05) is 11.6 Å². The molecule has 24 heavy (non-hydrogen) atoms. The van der Waals surface area contributed by atoms with Gasteiger partial charge < -0.3 is 5.32 Å². The fourth-order valence-corrected chi connectivity index (χ4v) is 3.57. The molecule has 0 aliphatic carbocycles. The molecule has 0 spiro atoms. The van der Waals surface area contributed by atoms with Crippen LogP contribution in [0.4, 0.5) is 11.4 Å². The standard InChI is InChI=1S/C15H14Cl2N2O4S/c1-9(11-4-3-5-12(16)15(11)17)18-10-6-7-13(19(20)21)14(8-10)24(2,22)23/h3-9,18H,1-2H3. The summed E-state index contributed by atoms with van der Waals surface area (Å²) >= 11 is 12.2. The Morgan fingerprint density at radius 3 is 2.46 bits per heavy atom. The van der Waals surface area contributed by atoms with Crippen LogP contribution in [-0.4, -0.2) is 19.6 Å².